The van der Waals surface area contributed by atoms with Gasteiger partial charge >= 0.3 is 0 Å². The van der Waals surface area contributed by atoms with Crippen molar-refractivity contribution >= 4 is 34.5 Å². The SMILES string of the molecule is O=C(C=Cc1ccc2ccc(Cl)cc2n1)NC1CCC(O)CC1. The number of amides is 1. The molecule has 1 aliphatic rings. The molecule has 1 heterocycles. The van der Waals surface area contributed by atoms with Crippen LogP contribution >= 0.6 is 11.6 Å². The summed E-state index contributed by atoms with van der Waals surface area (Å²) in [4.78, 5) is 16.5. The molecule has 0 saturated heterocycles. The van der Waals surface area contributed by atoms with Crippen molar-refractivity contribution in [2.45, 2.75) is 37.8 Å². The van der Waals surface area contributed by atoms with Crippen LogP contribution in [0.2, 0.25) is 5.02 Å². The minimum absolute atomic E-state index is 0.126. The number of pyridine rings is 1. The Labute approximate surface area is 140 Å². The number of nitrogens with one attached hydrogen (secondary N) is 1. The van der Waals surface area contributed by atoms with Crippen LogP contribution in [-0.2, 0) is 4.79 Å². The van der Waals surface area contributed by atoms with Crippen LogP contribution < -0.4 is 5.32 Å². The first-order chi connectivity index (χ1) is 11.1. The van der Waals surface area contributed by atoms with E-state index >= 15 is 0 Å². The van der Waals surface area contributed by atoms with E-state index in [4.69, 9.17) is 11.6 Å². The molecule has 0 aliphatic heterocycles. The smallest absolute Gasteiger partial charge is 0.244 e. The average Bonchev–Trinajstić information content (AvgIpc) is 2.54. The summed E-state index contributed by atoms with van der Waals surface area (Å²) in [7, 11) is 0. The van der Waals surface area contributed by atoms with Crippen molar-refractivity contribution in [1.29, 1.82) is 0 Å². The topological polar surface area (TPSA) is 62.2 Å². The summed E-state index contributed by atoms with van der Waals surface area (Å²) in [6.45, 7) is 0. The fourth-order valence-electron chi connectivity index (χ4n) is 2.83. The maximum Gasteiger partial charge on any atom is 0.244 e. The van der Waals surface area contributed by atoms with E-state index in [-0.39, 0.29) is 18.1 Å². The first kappa shape index (κ1) is 16.0. The standard InChI is InChI=1S/C18H19ClN2O2/c19-13-3-1-12-2-4-14(20-17(12)11-13)7-10-18(23)21-15-5-8-16(22)9-6-15/h1-4,7,10-11,15-16,22H,5-6,8-9H2,(H,21,23). The zero-order valence-corrected chi connectivity index (χ0v) is 13.5. The van der Waals surface area contributed by atoms with Gasteiger partial charge in [0.1, 0.15) is 0 Å². The highest BCUT2D eigenvalue weighted by Gasteiger charge is 2.19. The zero-order valence-electron chi connectivity index (χ0n) is 12.7. The number of hydrogen-bond donors (Lipinski definition) is 2. The Bertz CT molecular complexity index is 737. The molecule has 2 N–H and O–H groups in total. The van der Waals surface area contributed by atoms with Gasteiger partial charge in [-0.1, -0.05) is 23.7 Å². The molecular weight excluding hydrogens is 312 g/mol. The van der Waals surface area contributed by atoms with Gasteiger partial charge in [-0.25, -0.2) is 4.98 Å². The third-order valence-corrected chi connectivity index (χ3v) is 4.36. The number of fused-ring (bicyclic) bond motifs is 1. The van der Waals surface area contributed by atoms with Gasteiger partial charge in [0.05, 0.1) is 17.3 Å². The quantitative estimate of drug-likeness (QED) is 0.849. The van der Waals surface area contributed by atoms with Gasteiger partial charge in [-0.15, -0.1) is 0 Å². The van der Waals surface area contributed by atoms with Crippen molar-refractivity contribution in [3.63, 3.8) is 0 Å². The number of aliphatic hydroxyl groups excluding tert-OH is 1. The van der Waals surface area contributed by atoms with Crippen molar-refractivity contribution in [3.05, 3.63) is 47.1 Å². The van der Waals surface area contributed by atoms with Crippen LogP contribution in [0.5, 0.6) is 0 Å². The molecule has 0 unspecified atom stereocenters. The van der Waals surface area contributed by atoms with E-state index in [0.29, 0.717) is 10.7 Å². The molecule has 1 aromatic carbocycles. The number of halogens is 1. The minimum Gasteiger partial charge on any atom is -0.393 e. The Balaban J connectivity index is 1.63. The molecule has 1 saturated carbocycles. The maximum atomic E-state index is 12.0. The molecule has 0 radical (unpaired) electrons. The van der Waals surface area contributed by atoms with Crippen molar-refractivity contribution in [3.8, 4) is 0 Å². The molecule has 4 nitrogen and oxygen atoms in total. The van der Waals surface area contributed by atoms with Gasteiger partial charge in [0.25, 0.3) is 0 Å². The maximum absolute atomic E-state index is 12.0. The highest BCUT2D eigenvalue weighted by molar-refractivity contribution is 6.31. The summed E-state index contributed by atoms with van der Waals surface area (Å²) in [5.41, 5.74) is 1.52. The van der Waals surface area contributed by atoms with E-state index in [1.54, 1.807) is 6.08 Å². The summed E-state index contributed by atoms with van der Waals surface area (Å²) < 4.78 is 0. The molecule has 0 spiro atoms. The third kappa shape index (κ3) is 4.30. The van der Waals surface area contributed by atoms with Gasteiger partial charge in [0.15, 0.2) is 0 Å². The van der Waals surface area contributed by atoms with Gasteiger partial charge in [-0.3, -0.25) is 4.79 Å². The average molecular weight is 331 g/mol. The number of hydrogen-bond acceptors (Lipinski definition) is 3. The molecule has 1 aromatic heterocycles. The number of nitrogens with zero attached hydrogens (tertiary/aromatic N) is 1. The fourth-order valence-corrected chi connectivity index (χ4v) is 3.00. The van der Waals surface area contributed by atoms with Crippen LogP contribution in [0, 0.1) is 0 Å². The van der Waals surface area contributed by atoms with Gasteiger partial charge in [0, 0.05) is 22.5 Å². The summed E-state index contributed by atoms with van der Waals surface area (Å²) >= 11 is 5.98. The molecule has 0 atom stereocenters. The highest BCUT2D eigenvalue weighted by atomic mass is 35.5. The molecular formula is C18H19ClN2O2. The Kier molecular flexibility index (Phi) is 4.94. The van der Waals surface area contributed by atoms with Gasteiger partial charge in [-0.05, 0) is 50.0 Å². The molecule has 1 amide bonds. The largest absolute Gasteiger partial charge is 0.393 e. The minimum atomic E-state index is -0.215. The summed E-state index contributed by atoms with van der Waals surface area (Å²) in [6.07, 6.45) is 6.15. The van der Waals surface area contributed by atoms with Crippen molar-refractivity contribution in [2.75, 3.05) is 0 Å². The molecule has 2 aromatic rings. The molecule has 120 valence electrons. The number of aromatic nitrogens is 1. The van der Waals surface area contributed by atoms with Crippen LogP contribution in [0.25, 0.3) is 17.0 Å². The second-order valence-corrected chi connectivity index (χ2v) is 6.36. The van der Waals surface area contributed by atoms with Crippen LogP contribution in [0.1, 0.15) is 31.4 Å². The third-order valence-electron chi connectivity index (χ3n) is 4.12. The van der Waals surface area contributed by atoms with E-state index < -0.39 is 0 Å². The lowest BCUT2D eigenvalue weighted by atomic mass is 9.93. The lowest BCUT2D eigenvalue weighted by molar-refractivity contribution is -0.117. The van der Waals surface area contributed by atoms with Gasteiger partial charge < -0.3 is 10.4 Å². The van der Waals surface area contributed by atoms with E-state index in [2.05, 4.69) is 10.3 Å². The Morgan fingerprint density at radius 1 is 1.22 bits per heavy atom. The van der Waals surface area contributed by atoms with Crippen molar-refractivity contribution in [1.82, 2.24) is 10.3 Å². The van der Waals surface area contributed by atoms with Crippen molar-refractivity contribution < 1.29 is 9.90 Å². The first-order valence-corrected chi connectivity index (χ1v) is 8.21. The fraction of sp³-hybridized carbons (Fsp3) is 0.333. The Morgan fingerprint density at radius 3 is 2.74 bits per heavy atom. The van der Waals surface area contributed by atoms with Crippen LogP contribution in [0.4, 0.5) is 0 Å². The van der Waals surface area contributed by atoms with Crippen molar-refractivity contribution in [2.24, 2.45) is 0 Å². The predicted molar refractivity (Wildman–Crippen MR) is 92.2 cm³/mol. The molecule has 1 fully saturated rings. The second kappa shape index (κ2) is 7.11. The van der Waals surface area contributed by atoms with E-state index in [1.165, 1.54) is 6.08 Å². The zero-order chi connectivity index (χ0) is 16.2. The summed E-state index contributed by atoms with van der Waals surface area (Å²) in [6, 6.07) is 9.54. The lowest BCUT2D eigenvalue weighted by Crippen LogP contribution is -2.37. The van der Waals surface area contributed by atoms with Crippen LogP contribution in [-0.4, -0.2) is 28.1 Å². The monoisotopic (exact) mass is 330 g/mol. The Morgan fingerprint density at radius 2 is 1.96 bits per heavy atom. The highest BCUT2D eigenvalue weighted by Crippen LogP contribution is 2.19. The van der Waals surface area contributed by atoms with E-state index in [9.17, 15) is 9.90 Å². The molecule has 1 aliphatic carbocycles. The predicted octanol–water partition coefficient (Wildman–Crippen LogP) is 3.32. The second-order valence-electron chi connectivity index (χ2n) is 5.92. The summed E-state index contributed by atoms with van der Waals surface area (Å²) in [5, 5.41) is 14.1. The number of benzene rings is 1. The molecule has 0 bridgehead atoms. The summed E-state index contributed by atoms with van der Waals surface area (Å²) in [5.74, 6) is -0.126. The number of aliphatic hydroxyl groups is 1. The number of carbonyl (C=O) groups is 1. The van der Waals surface area contributed by atoms with Gasteiger partial charge in [-0.2, -0.15) is 0 Å². The molecule has 5 heteroatoms. The normalized spacial score (nSPS) is 21.7. The number of rotatable bonds is 3. The van der Waals surface area contributed by atoms with E-state index in [0.717, 1.165) is 36.6 Å². The molecule has 23 heavy (non-hydrogen) atoms. The van der Waals surface area contributed by atoms with Crippen LogP contribution in [0.15, 0.2) is 36.4 Å². The van der Waals surface area contributed by atoms with Crippen LogP contribution in [0.3, 0.4) is 0 Å². The van der Waals surface area contributed by atoms with E-state index in [1.807, 2.05) is 30.3 Å². The van der Waals surface area contributed by atoms with Gasteiger partial charge in [0.2, 0.25) is 5.91 Å². The lowest BCUT2D eigenvalue weighted by Gasteiger charge is -2.25. The molecule has 3 rings (SSSR count). The first-order valence-electron chi connectivity index (χ1n) is 7.83. The Hall–Kier alpha value is -1.91. The number of carbonyl (C=O) groups excluding carboxylic acids is 1.